The van der Waals surface area contributed by atoms with Crippen LogP contribution in [0, 0.1) is 11.8 Å². The molecule has 0 aromatic carbocycles. The fourth-order valence-electron chi connectivity index (χ4n) is 3.57. The van der Waals surface area contributed by atoms with Gasteiger partial charge in [-0.2, -0.15) is 0 Å². The maximum absolute atomic E-state index is 12.3. The first-order valence-electron chi connectivity index (χ1n) is 7.57. The Bertz CT molecular complexity index is 516. The molecule has 1 aliphatic carbocycles. The van der Waals surface area contributed by atoms with Gasteiger partial charge in [0.25, 0.3) is 5.79 Å². The van der Waals surface area contributed by atoms with Gasteiger partial charge in [-0.05, 0) is 32.1 Å². The van der Waals surface area contributed by atoms with E-state index >= 15 is 0 Å². The molecule has 2 heterocycles. The molecular formula is C15H20O7. The fourth-order valence-corrected chi connectivity index (χ4v) is 3.57. The van der Waals surface area contributed by atoms with Crippen LogP contribution < -0.4 is 0 Å². The number of hydrogen-bond acceptors (Lipinski definition) is 7. The van der Waals surface area contributed by atoms with Crippen molar-refractivity contribution in [2.45, 2.75) is 50.9 Å². The number of cyclic esters (lactones) is 1. The summed E-state index contributed by atoms with van der Waals surface area (Å²) in [6, 6.07) is 0. The van der Waals surface area contributed by atoms with E-state index in [-0.39, 0.29) is 37.0 Å². The second-order valence-corrected chi connectivity index (χ2v) is 6.44. The molecule has 0 aromatic heterocycles. The minimum absolute atomic E-state index is 0.188. The van der Waals surface area contributed by atoms with Crippen molar-refractivity contribution in [3.8, 4) is 0 Å². The molecule has 122 valence electrons. The Morgan fingerprint density at radius 1 is 1.41 bits per heavy atom. The Hall–Kier alpha value is -1.63. The van der Waals surface area contributed by atoms with Crippen LogP contribution in [-0.2, 0) is 33.3 Å². The third-order valence-corrected chi connectivity index (χ3v) is 4.88. The van der Waals surface area contributed by atoms with Gasteiger partial charge in [-0.15, -0.1) is 0 Å². The van der Waals surface area contributed by atoms with Gasteiger partial charge in [0.05, 0.1) is 11.5 Å². The minimum atomic E-state index is -1.54. The Morgan fingerprint density at radius 2 is 2.18 bits per heavy atom. The maximum Gasteiger partial charge on any atom is 0.314 e. The highest BCUT2D eigenvalue weighted by Gasteiger charge is 2.65. The van der Waals surface area contributed by atoms with Gasteiger partial charge in [-0.3, -0.25) is 14.4 Å². The minimum Gasteiger partial charge on any atom is -0.459 e. The highest BCUT2D eigenvalue weighted by atomic mass is 16.8. The lowest BCUT2D eigenvalue weighted by molar-refractivity contribution is -0.371. The first-order chi connectivity index (χ1) is 10.3. The Morgan fingerprint density at radius 3 is 2.91 bits per heavy atom. The average molecular weight is 312 g/mol. The van der Waals surface area contributed by atoms with Crippen LogP contribution in [0.1, 0.15) is 39.5 Å². The summed E-state index contributed by atoms with van der Waals surface area (Å²) in [6.45, 7) is 2.60. The molecule has 0 radical (unpaired) electrons. The molecule has 4 atom stereocenters. The molecular weight excluding hydrogens is 292 g/mol. The highest BCUT2D eigenvalue weighted by molar-refractivity contribution is 5.77. The third kappa shape index (κ3) is 2.47. The molecule has 2 saturated heterocycles. The molecule has 3 fully saturated rings. The predicted octanol–water partition coefficient (Wildman–Crippen LogP) is 0.941. The third-order valence-electron chi connectivity index (χ3n) is 4.88. The molecule has 3 rings (SSSR count). The van der Waals surface area contributed by atoms with Gasteiger partial charge in [0.1, 0.15) is 0 Å². The monoisotopic (exact) mass is 312 g/mol. The quantitative estimate of drug-likeness (QED) is 0.554. The topological polar surface area (TPSA) is 88.1 Å². The standard InChI is InChI=1S/C15H20O7/c1-9(16)19-7-15-8-20-12(17)5-3-4-10-6-11(13(18)21-15)14(10,2)22-15/h10-11H,3-8H2,1-2H3/t10-,11-,14-,15+/m0/s1. The Kier molecular flexibility index (Phi) is 3.63. The number of carbonyl (C=O) groups is 3. The number of carbonyl (C=O) groups excluding carboxylic acids is 3. The van der Waals surface area contributed by atoms with Crippen molar-refractivity contribution in [1.82, 2.24) is 0 Å². The Labute approximate surface area is 128 Å². The second kappa shape index (κ2) is 5.22. The van der Waals surface area contributed by atoms with E-state index in [9.17, 15) is 14.4 Å². The van der Waals surface area contributed by atoms with Crippen LogP contribution in [0.25, 0.3) is 0 Å². The van der Waals surface area contributed by atoms with Gasteiger partial charge in [-0.1, -0.05) is 0 Å². The largest absolute Gasteiger partial charge is 0.459 e. The molecule has 0 aromatic rings. The van der Waals surface area contributed by atoms with Crippen molar-refractivity contribution in [3.63, 3.8) is 0 Å². The van der Waals surface area contributed by atoms with Gasteiger partial charge in [0.15, 0.2) is 13.2 Å². The predicted molar refractivity (Wildman–Crippen MR) is 71.4 cm³/mol. The van der Waals surface area contributed by atoms with E-state index in [1.165, 1.54) is 6.92 Å². The molecule has 0 amide bonds. The number of hydrogen-bond donors (Lipinski definition) is 0. The van der Waals surface area contributed by atoms with E-state index < -0.39 is 17.4 Å². The molecule has 7 nitrogen and oxygen atoms in total. The molecule has 0 spiro atoms. The molecule has 2 aliphatic heterocycles. The van der Waals surface area contributed by atoms with Gasteiger partial charge in [0.2, 0.25) is 0 Å². The highest BCUT2D eigenvalue weighted by Crippen LogP contribution is 2.55. The lowest BCUT2D eigenvalue weighted by atomic mass is 9.59. The molecule has 2 bridgehead atoms. The lowest BCUT2D eigenvalue weighted by Gasteiger charge is -2.59. The van der Waals surface area contributed by atoms with Crippen LogP contribution in [0.4, 0.5) is 0 Å². The van der Waals surface area contributed by atoms with Crippen molar-refractivity contribution < 1.29 is 33.3 Å². The SMILES string of the molecule is CC(=O)OC[C@@]12COC(=O)CCC[C@H]3C[C@@H](C(=O)O1)[C@@]3(C)O2. The fraction of sp³-hybridized carbons (Fsp3) is 0.800. The normalized spacial score (nSPS) is 40.8. The van der Waals surface area contributed by atoms with E-state index in [2.05, 4.69) is 0 Å². The van der Waals surface area contributed by atoms with E-state index in [0.29, 0.717) is 19.3 Å². The average Bonchev–Trinajstić information content (AvgIpc) is 2.43. The number of esters is 3. The number of rotatable bonds is 2. The summed E-state index contributed by atoms with van der Waals surface area (Å²) in [6.07, 6.45) is 2.53. The summed E-state index contributed by atoms with van der Waals surface area (Å²) in [4.78, 5) is 35.1. The molecule has 0 N–H and O–H groups in total. The Balaban J connectivity index is 1.88. The second-order valence-electron chi connectivity index (χ2n) is 6.44. The van der Waals surface area contributed by atoms with Crippen LogP contribution >= 0.6 is 0 Å². The van der Waals surface area contributed by atoms with Gasteiger partial charge < -0.3 is 18.9 Å². The summed E-state index contributed by atoms with van der Waals surface area (Å²) >= 11 is 0. The van der Waals surface area contributed by atoms with E-state index in [4.69, 9.17) is 18.9 Å². The maximum atomic E-state index is 12.3. The van der Waals surface area contributed by atoms with E-state index in [1.807, 2.05) is 6.92 Å². The molecule has 22 heavy (non-hydrogen) atoms. The van der Waals surface area contributed by atoms with Crippen molar-refractivity contribution in [2.75, 3.05) is 13.2 Å². The first kappa shape index (κ1) is 15.3. The summed E-state index contributed by atoms with van der Waals surface area (Å²) < 4.78 is 21.6. The number of fused-ring (bicyclic) bond motifs is 1. The van der Waals surface area contributed by atoms with Gasteiger partial charge in [0, 0.05) is 13.3 Å². The van der Waals surface area contributed by atoms with E-state index in [1.54, 1.807) is 0 Å². The zero-order chi connectivity index (χ0) is 16.0. The molecule has 1 saturated carbocycles. The van der Waals surface area contributed by atoms with Crippen molar-refractivity contribution in [3.05, 3.63) is 0 Å². The van der Waals surface area contributed by atoms with E-state index in [0.717, 1.165) is 6.42 Å². The summed E-state index contributed by atoms with van der Waals surface area (Å²) in [5, 5.41) is 0. The van der Waals surface area contributed by atoms with Crippen LogP contribution in [-0.4, -0.2) is 42.5 Å². The van der Waals surface area contributed by atoms with Crippen LogP contribution in [0.15, 0.2) is 0 Å². The van der Waals surface area contributed by atoms with Gasteiger partial charge >= 0.3 is 17.9 Å². The first-order valence-corrected chi connectivity index (χ1v) is 7.57. The van der Waals surface area contributed by atoms with Gasteiger partial charge in [-0.25, -0.2) is 0 Å². The molecule has 7 heteroatoms. The lowest BCUT2D eigenvalue weighted by Crippen LogP contribution is -2.69. The van der Waals surface area contributed by atoms with Crippen LogP contribution in [0.5, 0.6) is 0 Å². The number of ether oxygens (including phenoxy) is 4. The molecule has 0 unspecified atom stereocenters. The summed E-state index contributed by atoms with van der Waals surface area (Å²) in [5.74, 6) is -2.93. The van der Waals surface area contributed by atoms with Crippen molar-refractivity contribution in [1.29, 1.82) is 0 Å². The summed E-state index contributed by atoms with van der Waals surface area (Å²) in [7, 11) is 0. The van der Waals surface area contributed by atoms with Crippen LogP contribution in [0.2, 0.25) is 0 Å². The van der Waals surface area contributed by atoms with Crippen molar-refractivity contribution in [2.24, 2.45) is 11.8 Å². The smallest absolute Gasteiger partial charge is 0.314 e. The zero-order valence-electron chi connectivity index (χ0n) is 12.8. The summed E-state index contributed by atoms with van der Waals surface area (Å²) in [5.41, 5.74) is -0.654. The van der Waals surface area contributed by atoms with Crippen LogP contribution in [0.3, 0.4) is 0 Å². The zero-order valence-corrected chi connectivity index (χ0v) is 12.8. The molecule has 3 aliphatic rings. The van der Waals surface area contributed by atoms with Crippen molar-refractivity contribution >= 4 is 17.9 Å².